The van der Waals surface area contributed by atoms with Gasteiger partial charge in [-0.05, 0) is 12.8 Å². The summed E-state index contributed by atoms with van der Waals surface area (Å²) in [7, 11) is -1.70. The first kappa shape index (κ1) is 14.8. The van der Waals surface area contributed by atoms with E-state index in [2.05, 4.69) is 0 Å². The van der Waals surface area contributed by atoms with E-state index in [1.165, 1.54) is 11.4 Å². The zero-order valence-corrected chi connectivity index (χ0v) is 11.0. The van der Waals surface area contributed by atoms with Gasteiger partial charge in [0.25, 0.3) is 0 Å². The lowest BCUT2D eigenvalue weighted by atomic mass is 10.1. The number of aliphatic hydroxyl groups is 1. The molecule has 102 valence electrons. The molecule has 0 aliphatic carbocycles. The predicted molar refractivity (Wildman–Crippen MR) is 63.3 cm³/mol. The van der Waals surface area contributed by atoms with Gasteiger partial charge in [0.15, 0.2) is 0 Å². The molecule has 1 aliphatic heterocycles. The Morgan fingerprint density at radius 2 is 1.94 bits per heavy atom. The normalized spacial score (nSPS) is 19.6. The van der Waals surface area contributed by atoms with E-state index in [0.29, 0.717) is 32.5 Å². The second-order valence-electron chi connectivity index (χ2n) is 4.00. The third kappa shape index (κ3) is 4.89. The second kappa shape index (κ2) is 7.27. The highest BCUT2D eigenvalue weighted by atomic mass is 32.2. The molecule has 1 fully saturated rings. The van der Waals surface area contributed by atoms with Gasteiger partial charge in [-0.25, -0.2) is 12.7 Å². The highest BCUT2D eigenvalue weighted by molar-refractivity contribution is 7.89. The van der Waals surface area contributed by atoms with Crippen molar-refractivity contribution in [2.45, 2.75) is 18.9 Å². The van der Waals surface area contributed by atoms with Gasteiger partial charge >= 0.3 is 0 Å². The molecule has 6 nitrogen and oxygen atoms in total. The molecule has 0 radical (unpaired) electrons. The van der Waals surface area contributed by atoms with Crippen molar-refractivity contribution >= 4 is 10.0 Å². The average Bonchev–Trinajstić information content (AvgIpc) is 2.34. The van der Waals surface area contributed by atoms with Gasteiger partial charge in [0.05, 0.1) is 31.7 Å². The third-order valence-corrected chi connectivity index (χ3v) is 4.62. The lowest BCUT2D eigenvalue weighted by molar-refractivity contribution is 0.00314. The minimum absolute atomic E-state index is 0.00630. The monoisotopic (exact) mass is 267 g/mol. The van der Waals surface area contributed by atoms with Gasteiger partial charge in [-0.15, -0.1) is 0 Å². The molecule has 1 N–H and O–H groups in total. The van der Waals surface area contributed by atoms with Gasteiger partial charge in [0, 0.05) is 20.2 Å². The number of nitrogens with zero attached hydrogens (tertiary/aromatic N) is 1. The van der Waals surface area contributed by atoms with Crippen LogP contribution in [0.15, 0.2) is 0 Å². The fourth-order valence-electron chi connectivity index (χ4n) is 1.81. The van der Waals surface area contributed by atoms with Gasteiger partial charge in [-0.3, -0.25) is 0 Å². The highest BCUT2D eigenvalue weighted by Gasteiger charge is 2.27. The molecule has 17 heavy (non-hydrogen) atoms. The molecule has 0 atom stereocenters. The van der Waals surface area contributed by atoms with Crippen LogP contribution in [0.2, 0.25) is 0 Å². The first-order chi connectivity index (χ1) is 8.10. The average molecular weight is 267 g/mol. The number of aliphatic hydroxyl groups excluding tert-OH is 1. The fraction of sp³-hybridized carbons (Fsp3) is 1.00. The summed E-state index contributed by atoms with van der Waals surface area (Å²) in [4.78, 5) is 0. The number of hydrogen-bond donors (Lipinski definition) is 1. The van der Waals surface area contributed by atoms with Crippen molar-refractivity contribution < 1.29 is 23.0 Å². The molecule has 0 aromatic rings. The Balaban J connectivity index is 2.35. The lowest BCUT2D eigenvalue weighted by Crippen LogP contribution is -2.42. The largest absolute Gasteiger partial charge is 0.394 e. The number of methoxy groups -OCH3 is 1. The van der Waals surface area contributed by atoms with Crippen molar-refractivity contribution in [2.75, 3.05) is 45.8 Å². The van der Waals surface area contributed by atoms with Gasteiger partial charge < -0.3 is 14.6 Å². The number of piperidine rings is 1. The Kier molecular flexibility index (Phi) is 6.35. The van der Waals surface area contributed by atoms with Crippen molar-refractivity contribution in [1.82, 2.24) is 4.31 Å². The summed E-state index contributed by atoms with van der Waals surface area (Å²) < 4.78 is 35.3. The molecule has 0 aromatic heterocycles. The summed E-state index contributed by atoms with van der Waals surface area (Å²) in [6, 6.07) is 0. The van der Waals surface area contributed by atoms with Crippen LogP contribution in [0.25, 0.3) is 0 Å². The van der Waals surface area contributed by atoms with E-state index in [1.54, 1.807) is 0 Å². The number of sulfonamides is 1. The number of hydrogen-bond acceptors (Lipinski definition) is 5. The van der Waals surface area contributed by atoms with Crippen LogP contribution in [0.4, 0.5) is 0 Å². The molecule has 0 aromatic carbocycles. The van der Waals surface area contributed by atoms with Gasteiger partial charge in [0.1, 0.15) is 0 Å². The van der Waals surface area contributed by atoms with Crippen LogP contribution in [0.5, 0.6) is 0 Å². The van der Waals surface area contributed by atoms with Gasteiger partial charge in [-0.1, -0.05) is 0 Å². The topological polar surface area (TPSA) is 76.1 Å². The number of ether oxygens (including phenoxy) is 2. The van der Waals surface area contributed by atoms with Crippen LogP contribution in [0.1, 0.15) is 12.8 Å². The summed E-state index contributed by atoms with van der Waals surface area (Å²) in [6.45, 7) is 1.53. The summed E-state index contributed by atoms with van der Waals surface area (Å²) in [5.41, 5.74) is 0. The van der Waals surface area contributed by atoms with Crippen molar-refractivity contribution in [3.63, 3.8) is 0 Å². The van der Waals surface area contributed by atoms with E-state index < -0.39 is 10.0 Å². The third-order valence-electron chi connectivity index (χ3n) is 2.78. The van der Waals surface area contributed by atoms with E-state index in [4.69, 9.17) is 14.6 Å². The lowest BCUT2D eigenvalue weighted by Gasteiger charge is -2.31. The van der Waals surface area contributed by atoms with E-state index in [0.717, 1.165) is 0 Å². The Hall–Kier alpha value is -0.210. The zero-order chi connectivity index (χ0) is 12.7. The Bertz CT molecular complexity index is 298. The highest BCUT2D eigenvalue weighted by Crippen LogP contribution is 2.16. The maximum atomic E-state index is 11.8. The van der Waals surface area contributed by atoms with Gasteiger partial charge in [-0.2, -0.15) is 0 Å². The molecule has 1 aliphatic rings. The molecule has 1 heterocycles. The molecule has 0 bridgehead atoms. The minimum Gasteiger partial charge on any atom is -0.394 e. The van der Waals surface area contributed by atoms with Gasteiger partial charge in [0.2, 0.25) is 10.0 Å². The van der Waals surface area contributed by atoms with E-state index in [-0.39, 0.29) is 25.1 Å². The summed E-state index contributed by atoms with van der Waals surface area (Å²) in [5, 5.41) is 8.63. The second-order valence-corrected chi connectivity index (χ2v) is 6.09. The summed E-state index contributed by atoms with van der Waals surface area (Å²) in [5.74, 6) is 0.0334. The van der Waals surface area contributed by atoms with Crippen LogP contribution in [0, 0.1) is 0 Å². The van der Waals surface area contributed by atoms with Crippen LogP contribution < -0.4 is 0 Å². The van der Waals surface area contributed by atoms with Crippen molar-refractivity contribution in [1.29, 1.82) is 0 Å². The van der Waals surface area contributed by atoms with Crippen molar-refractivity contribution in [3.8, 4) is 0 Å². The smallest absolute Gasteiger partial charge is 0.216 e. The number of rotatable bonds is 7. The molecule has 7 heteroatoms. The molecule has 0 amide bonds. The molecule has 1 rings (SSSR count). The quantitative estimate of drug-likeness (QED) is 0.669. The standard InChI is InChI=1S/C10H21NO5S/c1-15-8-9-17(13,14)11-4-2-10(3-5-11)16-7-6-12/h10,12H,2-9H2,1H3. The van der Waals surface area contributed by atoms with Crippen LogP contribution in [-0.4, -0.2) is 69.7 Å². The molecular weight excluding hydrogens is 246 g/mol. The van der Waals surface area contributed by atoms with Crippen molar-refractivity contribution in [2.24, 2.45) is 0 Å². The van der Waals surface area contributed by atoms with Crippen LogP contribution in [0.3, 0.4) is 0 Å². The Morgan fingerprint density at radius 1 is 1.29 bits per heavy atom. The zero-order valence-electron chi connectivity index (χ0n) is 10.2. The maximum Gasteiger partial charge on any atom is 0.216 e. The predicted octanol–water partition coefficient (Wildman–Crippen LogP) is -0.564. The van der Waals surface area contributed by atoms with Crippen LogP contribution in [-0.2, 0) is 19.5 Å². The first-order valence-electron chi connectivity index (χ1n) is 5.79. The molecular formula is C10H21NO5S. The van der Waals surface area contributed by atoms with E-state index in [9.17, 15) is 8.42 Å². The molecule has 0 saturated carbocycles. The van der Waals surface area contributed by atoms with E-state index in [1.807, 2.05) is 0 Å². The maximum absolute atomic E-state index is 11.8. The Morgan fingerprint density at radius 3 is 2.47 bits per heavy atom. The summed E-state index contributed by atoms with van der Waals surface area (Å²) >= 11 is 0. The van der Waals surface area contributed by atoms with E-state index >= 15 is 0 Å². The van der Waals surface area contributed by atoms with Crippen molar-refractivity contribution in [3.05, 3.63) is 0 Å². The molecule has 1 saturated heterocycles. The summed E-state index contributed by atoms with van der Waals surface area (Å²) in [6.07, 6.45) is 1.44. The fourth-order valence-corrected chi connectivity index (χ4v) is 3.22. The molecule has 0 unspecified atom stereocenters. The minimum atomic E-state index is -3.19. The SMILES string of the molecule is COCCS(=O)(=O)N1CCC(OCCO)CC1. The molecule has 0 spiro atoms. The Labute approximate surface area is 103 Å². The first-order valence-corrected chi connectivity index (χ1v) is 7.40. The van der Waals surface area contributed by atoms with Crippen LogP contribution >= 0.6 is 0 Å².